The summed E-state index contributed by atoms with van der Waals surface area (Å²) in [4.78, 5) is 14.4. The SMILES string of the molecule is Cc1cc(CN2CCC[C@H](CNC(=O)Cn3cccn3)C2)oc1C. The molecule has 0 aliphatic carbocycles. The fourth-order valence-corrected chi connectivity index (χ4v) is 3.26. The Labute approximate surface area is 142 Å². The van der Waals surface area contributed by atoms with Gasteiger partial charge in [-0.2, -0.15) is 5.10 Å². The third-order valence-electron chi connectivity index (χ3n) is 4.65. The summed E-state index contributed by atoms with van der Waals surface area (Å²) in [5.74, 6) is 2.56. The normalized spacial score (nSPS) is 18.7. The molecule has 3 heterocycles. The summed E-state index contributed by atoms with van der Waals surface area (Å²) in [6, 6.07) is 3.95. The summed E-state index contributed by atoms with van der Waals surface area (Å²) in [5, 5.41) is 7.09. The van der Waals surface area contributed by atoms with Crippen molar-refractivity contribution in [3.63, 3.8) is 0 Å². The highest BCUT2D eigenvalue weighted by molar-refractivity contribution is 5.75. The molecule has 0 bridgehead atoms. The lowest BCUT2D eigenvalue weighted by Crippen LogP contribution is -2.41. The second-order valence-corrected chi connectivity index (χ2v) is 6.70. The minimum absolute atomic E-state index is 0.0214. The summed E-state index contributed by atoms with van der Waals surface area (Å²) in [6.07, 6.45) is 5.81. The van der Waals surface area contributed by atoms with Crippen LogP contribution in [-0.2, 0) is 17.9 Å². The Kier molecular flexibility index (Phi) is 5.35. The third kappa shape index (κ3) is 4.47. The van der Waals surface area contributed by atoms with Gasteiger partial charge < -0.3 is 9.73 Å². The number of furan rings is 1. The molecule has 0 saturated carbocycles. The molecule has 2 aromatic heterocycles. The summed E-state index contributed by atoms with van der Waals surface area (Å²) in [5.41, 5.74) is 1.21. The summed E-state index contributed by atoms with van der Waals surface area (Å²) >= 11 is 0. The van der Waals surface area contributed by atoms with E-state index >= 15 is 0 Å². The Bertz CT molecular complexity index is 643. The van der Waals surface area contributed by atoms with Crippen LogP contribution in [0.15, 0.2) is 28.9 Å². The number of carbonyl (C=O) groups excluding carboxylic acids is 1. The number of piperidine rings is 1. The van der Waals surface area contributed by atoms with Gasteiger partial charge in [-0.1, -0.05) is 0 Å². The van der Waals surface area contributed by atoms with Crippen molar-refractivity contribution in [1.29, 1.82) is 0 Å². The smallest absolute Gasteiger partial charge is 0.241 e. The van der Waals surface area contributed by atoms with Gasteiger partial charge >= 0.3 is 0 Å². The van der Waals surface area contributed by atoms with Crippen molar-refractivity contribution in [3.8, 4) is 0 Å². The molecule has 1 aliphatic rings. The number of nitrogens with zero attached hydrogens (tertiary/aromatic N) is 3. The highest BCUT2D eigenvalue weighted by Crippen LogP contribution is 2.20. The van der Waals surface area contributed by atoms with E-state index in [9.17, 15) is 4.79 Å². The number of hydrogen-bond acceptors (Lipinski definition) is 4. The van der Waals surface area contributed by atoms with Gasteiger partial charge in [0.1, 0.15) is 18.1 Å². The summed E-state index contributed by atoms with van der Waals surface area (Å²) in [6.45, 7) is 8.05. The van der Waals surface area contributed by atoms with Crippen molar-refractivity contribution < 1.29 is 9.21 Å². The zero-order chi connectivity index (χ0) is 16.9. The van der Waals surface area contributed by atoms with Gasteiger partial charge in [-0.3, -0.25) is 14.4 Å². The number of amides is 1. The van der Waals surface area contributed by atoms with Gasteiger partial charge in [0, 0.05) is 25.5 Å². The second-order valence-electron chi connectivity index (χ2n) is 6.70. The standard InChI is InChI=1S/C18H26N4O2/c1-14-9-17(24-15(14)2)12-21-7-3-5-16(11-21)10-19-18(23)13-22-8-4-6-20-22/h4,6,8-9,16H,3,5,7,10-13H2,1-2H3,(H,19,23)/t16-/m1/s1. The fraction of sp³-hybridized carbons (Fsp3) is 0.556. The highest BCUT2D eigenvalue weighted by atomic mass is 16.3. The molecule has 2 aromatic rings. The number of aromatic nitrogens is 2. The average molecular weight is 330 g/mol. The molecule has 1 fully saturated rings. The molecule has 1 amide bonds. The zero-order valence-electron chi connectivity index (χ0n) is 14.5. The van der Waals surface area contributed by atoms with Crippen LogP contribution in [0.4, 0.5) is 0 Å². The molecular weight excluding hydrogens is 304 g/mol. The molecule has 0 radical (unpaired) electrons. The molecule has 0 unspecified atom stereocenters. The van der Waals surface area contributed by atoms with Crippen LogP contribution < -0.4 is 5.32 Å². The molecule has 1 aliphatic heterocycles. The van der Waals surface area contributed by atoms with Crippen molar-refractivity contribution in [1.82, 2.24) is 20.0 Å². The fourth-order valence-electron chi connectivity index (χ4n) is 3.26. The predicted molar refractivity (Wildman–Crippen MR) is 91.4 cm³/mol. The van der Waals surface area contributed by atoms with E-state index in [1.165, 1.54) is 12.0 Å². The Balaban J connectivity index is 1.44. The first kappa shape index (κ1) is 16.8. The van der Waals surface area contributed by atoms with E-state index < -0.39 is 0 Å². The Hall–Kier alpha value is -2.08. The predicted octanol–water partition coefficient (Wildman–Crippen LogP) is 2.12. The van der Waals surface area contributed by atoms with Gasteiger partial charge in [0.15, 0.2) is 0 Å². The maximum absolute atomic E-state index is 12.0. The van der Waals surface area contributed by atoms with Crippen molar-refractivity contribution in [2.45, 2.75) is 39.8 Å². The Morgan fingerprint density at radius 1 is 1.46 bits per heavy atom. The van der Waals surface area contributed by atoms with Crippen molar-refractivity contribution in [3.05, 3.63) is 41.6 Å². The number of nitrogens with one attached hydrogen (secondary N) is 1. The molecule has 1 N–H and O–H groups in total. The summed E-state index contributed by atoms with van der Waals surface area (Å²) < 4.78 is 7.43. The van der Waals surface area contributed by atoms with Crippen molar-refractivity contribution >= 4 is 5.91 Å². The van der Waals surface area contributed by atoms with E-state index in [1.54, 1.807) is 17.1 Å². The van der Waals surface area contributed by atoms with Crippen LogP contribution in [0.3, 0.4) is 0 Å². The van der Waals surface area contributed by atoms with Crippen LogP contribution >= 0.6 is 0 Å². The van der Waals surface area contributed by atoms with Crippen molar-refractivity contribution in [2.24, 2.45) is 5.92 Å². The van der Waals surface area contributed by atoms with E-state index in [2.05, 4.69) is 28.3 Å². The quantitative estimate of drug-likeness (QED) is 0.881. The monoisotopic (exact) mass is 330 g/mol. The maximum Gasteiger partial charge on any atom is 0.241 e. The zero-order valence-corrected chi connectivity index (χ0v) is 14.5. The van der Waals surface area contributed by atoms with Gasteiger partial charge in [-0.05, 0) is 56.8 Å². The molecule has 24 heavy (non-hydrogen) atoms. The van der Waals surface area contributed by atoms with Gasteiger partial charge in [0.2, 0.25) is 5.91 Å². The molecule has 6 heteroatoms. The van der Waals surface area contributed by atoms with Gasteiger partial charge in [-0.25, -0.2) is 0 Å². The van der Waals surface area contributed by atoms with E-state index in [0.29, 0.717) is 5.92 Å². The topological polar surface area (TPSA) is 63.3 Å². The second kappa shape index (κ2) is 7.66. The first-order chi connectivity index (χ1) is 11.6. The molecular formula is C18H26N4O2. The van der Waals surface area contributed by atoms with E-state index in [-0.39, 0.29) is 12.5 Å². The van der Waals surface area contributed by atoms with Gasteiger partial charge in [0.05, 0.1) is 6.54 Å². The lowest BCUT2D eigenvalue weighted by molar-refractivity contribution is -0.122. The third-order valence-corrected chi connectivity index (χ3v) is 4.65. The largest absolute Gasteiger partial charge is 0.465 e. The van der Waals surface area contributed by atoms with Crippen molar-refractivity contribution in [2.75, 3.05) is 19.6 Å². The van der Waals surface area contributed by atoms with Crippen LogP contribution in [0, 0.1) is 19.8 Å². The Morgan fingerprint density at radius 2 is 2.33 bits per heavy atom. The molecule has 0 aromatic carbocycles. The first-order valence-electron chi connectivity index (χ1n) is 8.62. The van der Waals surface area contributed by atoms with E-state index in [1.807, 2.05) is 13.0 Å². The van der Waals surface area contributed by atoms with E-state index in [0.717, 1.165) is 44.1 Å². The maximum atomic E-state index is 12.0. The van der Waals surface area contributed by atoms with Gasteiger partial charge in [-0.15, -0.1) is 0 Å². The number of carbonyl (C=O) groups is 1. The Morgan fingerprint density at radius 3 is 3.04 bits per heavy atom. The van der Waals surface area contributed by atoms with E-state index in [4.69, 9.17) is 4.42 Å². The highest BCUT2D eigenvalue weighted by Gasteiger charge is 2.21. The lowest BCUT2D eigenvalue weighted by Gasteiger charge is -2.32. The molecule has 0 spiro atoms. The number of likely N-dealkylation sites (tertiary alicyclic amines) is 1. The minimum atomic E-state index is 0.0214. The minimum Gasteiger partial charge on any atom is -0.465 e. The molecule has 3 rings (SSSR count). The molecule has 130 valence electrons. The summed E-state index contributed by atoms with van der Waals surface area (Å²) in [7, 11) is 0. The van der Waals surface area contributed by atoms with Crippen LogP contribution in [0.25, 0.3) is 0 Å². The molecule has 6 nitrogen and oxygen atoms in total. The van der Waals surface area contributed by atoms with Crippen LogP contribution in [0.5, 0.6) is 0 Å². The average Bonchev–Trinajstić information content (AvgIpc) is 3.16. The number of rotatable bonds is 6. The number of aryl methyl sites for hydroxylation is 2. The van der Waals surface area contributed by atoms with Crippen LogP contribution in [-0.4, -0.2) is 40.2 Å². The first-order valence-corrected chi connectivity index (χ1v) is 8.62. The molecule has 1 atom stereocenters. The van der Waals surface area contributed by atoms with Crippen LogP contribution in [0.1, 0.15) is 29.9 Å². The molecule has 1 saturated heterocycles. The number of hydrogen-bond donors (Lipinski definition) is 1. The van der Waals surface area contributed by atoms with Gasteiger partial charge in [0.25, 0.3) is 0 Å². The van der Waals surface area contributed by atoms with Crippen LogP contribution in [0.2, 0.25) is 0 Å². The lowest BCUT2D eigenvalue weighted by atomic mass is 9.98.